The van der Waals surface area contributed by atoms with Gasteiger partial charge in [-0.1, -0.05) is 24.3 Å². The number of aliphatic hydroxyl groups is 1. The Labute approximate surface area is 204 Å². The topological polar surface area (TPSA) is 66.8 Å². The number of carbonyl (C=O) groups is 2. The molecule has 1 aliphatic heterocycles. The van der Waals surface area contributed by atoms with E-state index in [1.807, 2.05) is 13.0 Å². The average Bonchev–Trinajstić information content (AvgIpc) is 3.41. The first kappa shape index (κ1) is 24.5. The molecule has 1 atom stereocenters. The first-order valence-corrected chi connectivity index (χ1v) is 11.5. The molecule has 182 valence electrons. The van der Waals surface area contributed by atoms with E-state index in [1.54, 1.807) is 30.5 Å². The van der Waals surface area contributed by atoms with Crippen molar-refractivity contribution in [3.8, 4) is 5.75 Å². The first-order valence-electron chi connectivity index (χ1n) is 10.7. The fourth-order valence-corrected chi connectivity index (χ4v) is 5.22. The highest BCUT2D eigenvalue weighted by atomic mass is 32.1. The van der Waals surface area contributed by atoms with Gasteiger partial charge >= 0.3 is 6.18 Å². The monoisotopic (exact) mass is 501 g/mol. The van der Waals surface area contributed by atoms with Crippen LogP contribution in [0.5, 0.6) is 5.75 Å². The maximum absolute atomic E-state index is 13.2. The highest BCUT2D eigenvalue weighted by molar-refractivity contribution is 7.10. The van der Waals surface area contributed by atoms with Crippen molar-refractivity contribution < 1.29 is 32.6 Å². The van der Waals surface area contributed by atoms with Crippen LogP contribution in [-0.2, 0) is 22.3 Å². The van der Waals surface area contributed by atoms with Crippen molar-refractivity contribution in [1.29, 1.82) is 0 Å². The molecule has 1 saturated heterocycles. The van der Waals surface area contributed by atoms with Crippen LogP contribution in [0.4, 0.5) is 13.2 Å². The maximum Gasteiger partial charge on any atom is 0.416 e. The summed E-state index contributed by atoms with van der Waals surface area (Å²) < 4.78 is 45.1. The Morgan fingerprint density at radius 1 is 1.11 bits per heavy atom. The summed E-state index contributed by atoms with van der Waals surface area (Å²) in [6.45, 7) is 3.38. The van der Waals surface area contributed by atoms with E-state index in [4.69, 9.17) is 4.74 Å². The summed E-state index contributed by atoms with van der Waals surface area (Å²) in [6, 6.07) is 10.6. The van der Waals surface area contributed by atoms with Crippen LogP contribution in [-0.4, -0.2) is 28.8 Å². The van der Waals surface area contributed by atoms with E-state index in [9.17, 15) is 27.9 Å². The Hall–Kier alpha value is -3.59. The molecular formula is C26H22F3NO4S. The van der Waals surface area contributed by atoms with Crippen LogP contribution in [0.3, 0.4) is 0 Å². The van der Waals surface area contributed by atoms with Gasteiger partial charge in [0, 0.05) is 11.4 Å². The average molecular weight is 502 g/mol. The minimum atomic E-state index is -4.54. The van der Waals surface area contributed by atoms with Gasteiger partial charge in [0.05, 0.1) is 29.9 Å². The van der Waals surface area contributed by atoms with Crippen LogP contribution >= 0.6 is 11.3 Å². The number of benzene rings is 2. The predicted molar refractivity (Wildman–Crippen MR) is 126 cm³/mol. The number of ketones is 1. The maximum atomic E-state index is 13.2. The van der Waals surface area contributed by atoms with Crippen LogP contribution in [0.15, 0.2) is 59.5 Å². The number of Topliss-reactive ketones (excluding diaryl/α,β-unsaturated/α-hetero) is 1. The molecule has 35 heavy (non-hydrogen) atoms. The van der Waals surface area contributed by atoms with Crippen LogP contribution in [0, 0.1) is 13.8 Å². The Balaban J connectivity index is 1.86. The van der Waals surface area contributed by atoms with E-state index in [-0.39, 0.29) is 23.2 Å². The number of hydrogen-bond donors (Lipinski definition) is 1. The van der Waals surface area contributed by atoms with Crippen molar-refractivity contribution in [2.75, 3.05) is 7.11 Å². The molecule has 1 fully saturated rings. The summed E-state index contributed by atoms with van der Waals surface area (Å²) in [5.74, 6) is -1.83. The molecule has 2 aromatic carbocycles. The van der Waals surface area contributed by atoms with Gasteiger partial charge in [-0.3, -0.25) is 9.59 Å². The number of amides is 1. The quantitative estimate of drug-likeness (QED) is 0.264. The van der Waals surface area contributed by atoms with Crippen molar-refractivity contribution >= 4 is 28.8 Å². The number of likely N-dealkylation sites (tertiary alicyclic amines) is 1. The summed E-state index contributed by atoms with van der Waals surface area (Å²) in [5, 5.41) is 13.1. The molecule has 0 spiro atoms. The van der Waals surface area contributed by atoms with E-state index in [0.717, 1.165) is 23.3 Å². The first-order chi connectivity index (χ1) is 16.5. The number of hydrogen-bond acceptors (Lipinski definition) is 5. The number of ether oxygens (including phenoxy) is 1. The predicted octanol–water partition coefficient (Wildman–Crippen LogP) is 6.01. The van der Waals surface area contributed by atoms with Crippen LogP contribution in [0.25, 0.3) is 5.76 Å². The van der Waals surface area contributed by atoms with Crippen molar-refractivity contribution in [3.63, 3.8) is 0 Å². The van der Waals surface area contributed by atoms with Crippen molar-refractivity contribution in [2.45, 2.75) is 32.6 Å². The van der Waals surface area contributed by atoms with Crippen LogP contribution in [0.2, 0.25) is 0 Å². The molecule has 0 saturated carbocycles. The molecule has 1 aliphatic rings. The molecule has 0 bridgehead atoms. The Kier molecular flexibility index (Phi) is 6.46. The number of carbonyl (C=O) groups excluding carboxylic acids is 2. The van der Waals surface area contributed by atoms with Gasteiger partial charge in [-0.25, -0.2) is 0 Å². The Morgan fingerprint density at radius 2 is 1.86 bits per heavy atom. The normalized spacial score (nSPS) is 17.8. The lowest BCUT2D eigenvalue weighted by atomic mass is 9.96. The third-order valence-corrected chi connectivity index (χ3v) is 6.76. The summed E-state index contributed by atoms with van der Waals surface area (Å²) in [4.78, 5) is 28.1. The molecule has 2 heterocycles. The van der Waals surface area contributed by atoms with Gasteiger partial charge < -0.3 is 14.7 Å². The van der Waals surface area contributed by atoms with Gasteiger partial charge in [0.1, 0.15) is 11.5 Å². The summed E-state index contributed by atoms with van der Waals surface area (Å²) in [7, 11) is 1.44. The second kappa shape index (κ2) is 9.22. The number of aliphatic hydroxyl groups excluding tert-OH is 1. The number of thiophene rings is 1. The van der Waals surface area contributed by atoms with Crippen molar-refractivity contribution in [3.05, 3.63) is 92.2 Å². The molecule has 3 aromatic rings. The summed E-state index contributed by atoms with van der Waals surface area (Å²) >= 11 is 1.28. The lowest BCUT2D eigenvalue weighted by Crippen LogP contribution is -2.29. The van der Waals surface area contributed by atoms with Gasteiger partial charge in [0.25, 0.3) is 11.7 Å². The molecule has 0 radical (unpaired) electrons. The van der Waals surface area contributed by atoms with Gasteiger partial charge in [-0.15, -0.1) is 11.3 Å². The molecule has 1 amide bonds. The third-order valence-electron chi connectivity index (χ3n) is 5.84. The third kappa shape index (κ3) is 4.55. The smallest absolute Gasteiger partial charge is 0.416 e. The van der Waals surface area contributed by atoms with E-state index in [1.165, 1.54) is 35.5 Å². The Morgan fingerprint density at radius 3 is 2.49 bits per heavy atom. The number of alkyl halides is 3. The van der Waals surface area contributed by atoms with Gasteiger partial charge in [0.2, 0.25) is 0 Å². The minimum Gasteiger partial charge on any atom is -0.507 e. The largest absolute Gasteiger partial charge is 0.507 e. The van der Waals surface area contributed by atoms with Crippen LogP contribution in [0.1, 0.15) is 38.7 Å². The number of halogens is 3. The second-order valence-electron chi connectivity index (χ2n) is 8.30. The second-order valence-corrected chi connectivity index (χ2v) is 9.28. The van der Waals surface area contributed by atoms with E-state index < -0.39 is 35.2 Å². The van der Waals surface area contributed by atoms with Crippen molar-refractivity contribution in [1.82, 2.24) is 4.90 Å². The standard InChI is InChI=1S/C26H22F3NO4S/c1-14-10-15(2)24(34-3)18(11-14)22(31)20-21(19-8-5-9-35-19)30(25(33)23(20)32)13-16-6-4-7-17(12-16)26(27,28)29/h4-12,21,31H,13H2,1-3H3/b22-20-. The van der Waals surface area contributed by atoms with Gasteiger partial charge in [0.15, 0.2) is 0 Å². The zero-order valence-electron chi connectivity index (χ0n) is 19.1. The van der Waals surface area contributed by atoms with Gasteiger partial charge in [-0.2, -0.15) is 13.2 Å². The molecular weight excluding hydrogens is 479 g/mol. The lowest BCUT2D eigenvalue weighted by molar-refractivity contribution is -0.140. The van der Waals surface area contributed by atoms with E-state index in [0.29, 0.717) is 10.6 Å². The number of aryl methyl sites for hydroxylation is 2. The van der Waals surface area contributed by atoms with Crippen molar-refractivity contribution in [2.24, 2.45) is 0 Å². The zero-order chi connectivity index (χ0) is 25.5. The summed E-state index contributed by atoms with van der Waals surface area (Å²) in [6.07, 6.45) is -4.54. The zero-order valence-corrected chi connectivity index (χ0v) is 20.0. The van der Waals surface area contributed by atoms with E-state index >= 15 is 0 Å². The number of nitrogens with zero attached hydrogens (tertiary/aromatic N) is 1. The number of methoxy groups -OCH3 is 1. The van der Waals surface area contributed by atoms with Crippen LogP contribution < -0.4 is 4.74 Å². The fraction of sp³-hybridized carbons (Fsp3) is 0.231. The van der Waals surface area contributed by atoms with E-state index in [2.05, 4.69) is 0 Å². The Bertz CT molecular complexity index is 1330. The molecule has 5 nitrogen and oxygen atoms in total. The van der Waals surface area contributed by atoms with Gasteiger partial charge in [-0.05, 0) is 60.2 Å². The highest BCUT2D eigenvalue weighted by Gasteiger charge is 2.47. The molecule has 9 heteroatoms. The lowest BCUT2D eigenvalue weighted by Gasteiger charge is -2.25. The molecule has 1 unspecified atom stereocenters. The minimum absolute atomic E-state index is 0.132. The highest BCUT2D eigenvalue weighted by Crippen LogP contribution is 2.44. The summed E-state index contributed by atoms with van der Waals surface area (Å²) in [5.41, 5.74) is 1.05. The SMILES string of the molecule is COc1c(C)cc(C)cc1/C(O)=C1/C(=O)C(=O)N(Cc2cccc(C(F)(F)F)c2)C1c1cccs1. The number of rotatable bonds is 5. The molecule has 1 N–H and O–H groups in total. The molecule has 1 aromatic heterocycles. The molecule has 4 rings (SSSR count). The fourth-order valence-electron chi connectivity index (χ4n) is 4.37. The molecule has 0 aliphatic carbocycles.